The van der Waals surface area contributed by atoms with Gasteiger partial charge in [0.15, 0.2) is 6.10 Å². The van der Waals surface area contributed by atoms with E-state index in [0.29, 0.717) is 28.4 Å². The molecule has 0 aliphatic carbocycles. The first-order chi connectivity index (χ1) is 16.0. The number of nitrogens with two attached hydrogens (primary N) is 1. The summed E-state index contributed by atoms with van der Waals surface area (Å²) in [6.07, 6.45) is 5.62. The molecule has 0 radical (unpaired) electrons. The molecule has 5 rings (SSSR count). The van der Waals surface area contributed by atoms with Crippen LogP contribution < -0.4 is 16.4 Å². The standard InChI is InChI=1S/C21H23N9O3/c1-2-23-12-4-6-24-15(8-12)28-21(32)18-14(31)9-16(33-18)29-10-13(30-7-3-5-27-30)17-19(22)25-11-26-20(17)29/h3-8,10-11,14,16,18,31H,2,9H2,1H3,(H2,22,25,26)(H2,23,24,28,32)/t14-,16+,18-/m0/s1. The summed E-state index contributed by atoms with van der Waals surface area (Å²) in [5, 5.41) is 21.4. The van der Waals surface area contributed by atoms with Gasteiger partial charge in [-0.3, -0.25) is 4.79 Å². The summed E-state index contributed by atoms with van der Waals surface area (Å²) < 4.78 is 9.37. The number of amides is 1. The van der Waals surface area contributed by atoms with E-state index < -0.39 is 24.3 Å². The number of ether oxygens (including phenoxy) is 1. The maximum Gasteiger partial charge on any atom is 0.257 e. The lowest BCUT2D eigenvalue weighted by Crippen LogP contribution is -2.35. The van der Waals surface area contributed by atoms with E-state index >= 15 is 0 Å². The number of hydrogen-bond donors (Lipinski definition) is 4. The number of anilines is 3. The Labute approximate surface area is 188 Å². The maximum absolute atomic E-state index is 12.9. The molecule has 1 aliphatic heterocycles. The molecule has 5 heterocycles. The Kier molecular flexibility index (Phi) is 5.36. The first kappa shape index (κ1) is 20.8. The summed E-state index contributed by atoms with van der Waals surface area (Å²) in [5.74, 6) is 0.179. The predicted molar refractivity (Wildman–Crippen MR) is 121 cm³/mol. The Balaban J connectivity index is 1.41. The number of nitrogens with zero attached hydrogens (tertiary/aromatic N) is 6. The van der Waals surface area contributed by atoms with Crippen molar-refractivity contribution in [2.75, 3.05) is 22.9 Å². The number of hydrogen-bond acceptors (Lipinski definition) is 9. The summed E-state index contributed by atoms with van der Waals surface area (Å²) >= 11 is 0. The van der Waals surface area contributed by atoms with Crippen molar-refractivity contribution in [3.63, 3.8) is 0 Å². The molecule has 5 N–H and O–H groups in total. The van der Waals surface area contributed by atoms with Crippen molar-refractivity contribution in [1.29, 1.82) is 0 Å². The summed E-state index contributed by atoms with van der Waals surface area (Å²) in [7, 11) is 0. The zero-order valence-electron chi connectivity index (χ0n) is 17.8. The number of aliphatic hydroxyl groups excluding tert-OH is 1. The smallest absolute Gasteiger partial charge is 0.257 e. The molecule has 1 saturated heterocycles. The minimum absolute atomic E-state index is 0.190. The molecule has 170 valence electrons. The zero-order chi connectivity index (χ0) is 22.9. The summed E-state index contributed by atoms with van der Waals surface area (Å²) in [4.78, 5) is 25.5. The van der Waals surface area contributed by atoms with Crippen molar-refractivity contribution in [2.24, 2.45) is 0 Å². The van der Waals surface area contributed by atoms with E-state index in [1.54, 1.807) is 52.2 Å². The third kappa shape index (κ3) is 3.85. The molecule has 1 aliphatic rings. The maximum atomic E-state index is 12.9. The van der Waals surface area contributed by atoms with E-state index in [1.165, 1.54) is 6.33 Å². The molecule has 4 aromatic rings. The minimum atomic E-state index is -1.08. The number of aromatic nitrogens is 6. The van der Waals surface area contributed by atoms with Crippen LogP contribution in [0.5, 0.6) is 0 Å². The van der Waals surface area contributed by atoms with Crippen LogP contribution in [0.4, 0.5) is 17.3 Å². The third-order valence-electron chi connectivity index (χ3n) is 5.43. The largest absolute Gasteiger partial charge is 0.390 e. The zero-order valence-corrected chi connectivity index (χ0v) is 17.8. The molecule has 0 saturated carbocycles. The van der Waals surface area contributed by atoms with Crippen LogP contribution in [0.3, 0.4) is 0 Å². The average Bonchev–Trinajstić information content (AvgIpc) is 3.53. The highest BCUT2D eigenvalue weighted by Gasteiger charge is 2.40. The number of carbonyl (C=O) groups is 1. The summed E-state index contributed by atoms with van der Waals surface area (Å²) in [5.41, 5.74) is 8.14. The van der Waals surface area contributed by atoms with Gasteiger partial charge in [0.05, 0.1) is 17.2 Å². The first-order valence-electron chi connectivity index (χ1n) is 10.5. The van der Waals surface area contributed by atoms with E-state index in [4.69, 9.17) is 10.5 Å². The van der Waals surface area contributed by atoms with Gasteiger partial charge in [-0.05, 0) is 19.1 Å². The second-order valence-electron chi connectivity index (χ2n) is 7.59. The number of nitrogens with one attached hydrogen (secondary N) is 2. The molecule has 0 aromatic carbocycles. The quantitative estimate of drug-likeness (QED) is 0.340. The molecule has 0 spiro atoms. The molecule has 4 aromatic heterocycles. The molecular formula is C21H23N9O3. The van der Waals surface area contributed by atoms with Crippen molar-refractivity contribution in [3.05, 3.63) is 49.3 Å². The van der Waals surface area contributed by atoms with Crippen molar-refractivity contribution in [1.82, 2.24) is 29.3 Å². The second-order valence-corrected chi connectivity index (χ2v) is 7.59. The van der Waals surface area contributed by atoms with E-state index in [1.807, 2.05) is 6.92 Å². The molecular weight excluding hydrogens is 426 g/mol. The Bertz CT molecular complexity index is 1290. The minimum Gasteiger partial charge on any atom is -0.390 e. The van der Waals surface area contributed by atoms with Crippen molar-refractivity contribution >= 4 is 34.3 Å². The SMILES string of the molecule is CCNc1ccnc(NC(=O)[C@H]2O[C@@H](n3cc(-n4cccn4)c4c(N)ncnc43)C[C@@H]2O)c1. The lowest BCUT2D eigenvalue weighted by molar-refractivity contribution is -0.132. The van der Waals surface area contributed by atoms with Gasteiger partial charge in [-0.1, -0.05) is 0 Å². The van der Waals surface area contributed by atoms with E-state index in [-0.39, 0.29) is 6.42 Å². The Morgan fingerprint density at radius 2 is 2.21 bits per heavy atom. The fraction of sp³-hybridized carbons (Fsp3) is 0.286. The molecule has 3 atom stereocenters. The lowest BCUT2D eigenvalue weighted by atomic mass is 10.1. The number of rotatable bonds is 6. The van der Waals surface area contributed by atoms with E-state index in [2.05, 4.69) is 30.7 Å². The van der Waals surface area contributed by atoms with Gasteiger partial charge in [0.25, 0.3) is 5.91 Å². The summed E-state index contributed by atoms with van der Waals surface area (Å²) in [6.45, 7) is 2.71. The normalized spacial score (nSPS) is 20.2. The molecule has 12 nitrogen and oxygen atoms in total. The molecule has 1 amide bonds. The van der Waals surface area contributed by atoms with Gasteiger partial charge in [-0.2, -0.15) is 5.10 Å². The molecule has 1 fully saturated rings. The molecule has 12 heteroatoms. The van der Waals surface area contributed by atoms with Crippen LogP contribution in [0.1, 0.15) is 19.6 Å². The highest BCUT2D eigenvalue weighted by molar-refractivity contribution is 5.95. The van der Waals surface area contributed by atoms with Crippen LogP contribution in [0, 0.1) is 0 Å². The number of nitrogen functional groups attached to an aromatic ring is 1. The topological polar surface area (TPSA) is 158 Å². The van der Waals surface area contributed by atoms with Crippen molar-refractivity contribution < 1.29 is 14.6 Å². The fourth-order valence-electron chi connectivity index (χ4n) is 3.96. The lowest BCUT2D eigenvalue weighted by Gasteiger charge is -2.16. The predicted octanol–water partition coefficient (Wildman–Crippen LogP) is 1.31. The summed E-state index contributed by atoms with van der Waals surface area (Å²) in [6, 6.07) is 5.31. The third-order valence-corrected chi connectivity index (χ3v) is 5.43. The van der Waals surface area contributed by atoms with Crippen LogP contribution in [0.2, 0.25) is 0 Å². The first-order valence-corrected chi connectivity index (χ1v) is 10.5. The number of pyridine rings is 1. The van der Waals surface area contributed by atoms with Crippen LogP contribution in [0.25, 0.3) is 16.7 Å². The van der Waals surface area contributed by atoms with E-state index in [0.717, 1.165) is 12.2 Å². The van der Waals surface area contributed by atoms with Crippen molar-refractivity contribution in [2.45, 2.75) is 31.8 Å². The van der Waals surface area contributed by atoms with Gasteiger partial charge in [0.1, 0.15) is 29.8 Å². The number of fused-ring (bicyclic) bond motifs is 1. The Morgan fingerprint density at radius 1 is 1.33 bits per heavy atom. The van der Waals surface area contributed by atoms with Gasteiger partial charge in [-0.25, -0.2) is 19.6 Å². The number of carbonyl (C=O) groups excluding carboxylic acids is 1. The van der Waals surface area contributed by atoms with Gasteiger partial charge in [0.2, 0.25) is 0 Å². The molecule has 33 heavy (non-hydrogen) atoms. The van der Waals surface area contributed by atoms with Gasteiger partial charge < -0.3 is 30.8 Å². The van der Waals surface area contributed by atoms with E-state index in [9.17, 15) is 9.90 Å². The molecule has 0 bridgehead atoms. The van der Waals surface area contributed by atoms with Crippen LogP contribution in [-0.2, 0) is 9.53 Å². The fourth-order valence-corrected chi connectivity index (χ4v) is 3.96. The monoisotopic (exact) mass is 449 g/mol. The Hall–Kier alpha value is -4.03. The second kappa shape index (κ2) is 8.48. The van der Waals surface area contributed by atoms with Gasteiger partial charge in [-0.15, -0.1) is 0 Å². The highest BCUT2D eigenvalue weighted by Crippen LogP contribution is 2.35. The van der Waals surface area contributed by atoms with Crippen LogP contribution in [-0.4, -0.2) is 59.1 Å². The Morgan fingerprint density at radius 3 is 3.00 bits per heavy atom. The average molecular weight is 449 g/mol. The van der Waals surface area contributed by atoms with Crippen molar-refractivity contribution in [3.8, 4) is 5.69 Å². The highest BCUT2D eigenvalue weighted by atomic mass is 16.5. The van der Waals surface area contributed by atoms with Crippen LogP contribution >= 0.6 is 0 Å². The van der Waals surface area contributed by atoms with Crippen LogP contribution in [0.15, 0.2) is 49.3 Å². The number of aliphatic hydroxyl groups is 1. The molecule has 0 unspecified atom stereocenters. The van der Waals surface area contributed by atoms with Gasteiger partial charge >= 0.3 is 0 Å². The van der Waals surface area contributed by atoms with Gasteiger partial charge in [0, 0.05) is 49.5 Å².